The van der Waals surface area contributed by atoms with Gasteiger partial charge < -0.3 is 14.4 Å². The molecule has 2 rings (SSSR count). The average molecular weight is 354 g/mol. The third-order valence-electron chi connectivity index (χ3n) is 3.01. The number of hydrogen-bond donors (Lipinski definition) is 1. The number of ether oxygens (including phenoxy) is 2. The number of benzene rings is 1. The average Bonchev–Trinajstić information content (AvgIpc) is 2.98. The SMILES string of the molecule is COc1cc(Br)c(OC)c(C(=O)N(C)Cc2cn[nH]c2)c1. The van der Waals surface area contributed by atoms with Crippen LogP contribution < -0.4 is 9.47 Å². The van der Waals surface area contributed by atoms with Gasteiger partial charge in [-0.3, -0.25) is 9.89 Å². The molecular formula is C14H16BrN3O3. The van der Waals surface area contributed by atoms with E-state index in [0.29, 0.717) is 28.1 Å². The van der Waals surface area contributed by atoms with E-state index in [4.69, 9.17) is 9.47 Å². The molecule has 0 bridgehead atoms. The summed E-state index contributed by atoms with van der Waals surface area (Å²) >= 11 is 3.39. The van der Waals surface area contributed by atoms with Gasteiger partial charge in [0.25, 0.3) is 5.91 Å². The number of methoxy groups -OCH3 is 2. The summed E-state index contributed by atoms with van der Waals surface area (Å²) in [5.74, 6) is 0.912. The van der Waals surface area contributed by atoms with Crippen LogP contribution in [-0.4, -0.2) is 42.3 Å². The van der Waals surface area contributed by atoms with Crippen molar-refractivity contribution < 1.29 is 14.3 Å². The highest BCUT2D eigenvalue weighted by Crippen LogP contribution is 2.34. The quantitative estimate of drug-likeness (QED) is 0.896. The largest absolute Gasteiger partial charge is 0.497 e. The van der Waals surface area contributed by atoms with Crippen molar-refractivity contribution in [3.63, 3.8) is 0 Å². The first-order chi connectivity index (χ1) is 10.1. The topological polar surface area (TPSA) is 67.5 Å². The minimum absolute atomic E-state index is 0.160. The molecule has 2 aromatic rings. The van der Waals surface area contributed by atoms with Gasteiger partial charge >= 0.3 is 0 Å². The van der Waals surface area contributed by atoms with Crippen molar-refractivity contribution in [2.75, 3.05) is 21.3 Å². The van der Waals surface area contributed by atoms with E-state index in [1.807, 2.05) is 0 Å². The molecule has 6 nitrogen and oxygen atoms in total. The van der Waals surface area contributed by atoms with Gasteiger partial charge in [-0.1, -0.05) is 0 Å². The number of aromatic nitrogens is 2. The number of hydrogen-bond acceptors (Lipinski definition) is 4. The molecule has 0 saturated carbocycles. The van der Waals surface area contributed by atoms with Crippen LogP contribution >= 0.6 is 15.9 Å². The van der Waals surface area contributed by atoms with E-state index in [2.05, 4.69) is 26.1 Å². The van der Waals surface area contributed by atoms with Crippen molar-refractivity contribution in [1.29, 1.82) is 0 Å². The van der Waals surface area contributed by atoms with Crippen LogP contribution in [0.25, 0.3) is 0 Å². The molecule has 0 spiro atoms. The van der Waals surface area contributed by atoms with Gasteiger partial charge in [0.2, 0.25) is 0 Å². The number of aromatic amines is 1. The zero-order chi connectivity index (χ0) is 15.4. The van der Waals surface area contributed by atoms with Crippen molar-refractivity contribution in [2.45, 2.75) is 6.54 Å². The molecule has 0 atom stereocenters. The van der Waals surface area contributed by atoms with Crippen LogP contribution in [0.15, 0.2) is 29.0 Å². The van der Waals surface area contributed by atoms with Crippen LogP contribution in [0.3, 0.4) is 0 Å². The Hall–Kier alpha value is -2.02. The normalized spacial score (nSPS) is 10.3. The maximum Gasteiger partial charge on any atom is 0.257 e. The number of rotatable bonds is 5. The first-order valence-electron chi connectivity index (χ1n) is 6.21. The summed E-state index contributed by atoms with van der Waals surface area (Å²) in [7, 11) is 4.80. The molecule has 112 valence electrons. The molecule has 1 heterocycles. The van der Waals surface area contributed by atoms with Crippen LogP contribution in [0.2, 0.25) is 0 Å². The lowest BCUT2D eigenvalue weighted by Crippen LogP contribution is -2.26. The molecular weight excluding hydrogens is 338 g/mol. The monoisotopic (exact) mass is 353 g/mol. The van der Waals surface area contributed by atoms with Crippen LogP contribution in [-0.2, 0) is 6.54 Å². The zero-order valence-corrected chi connectivity index (χ0v) is 13.6. The molecule has 7 heteroatoms. The van der Waals surface area contributed by atoms with Gasteiger partial charge in [0, 0.05) is 25.4 Å². The van der Waals surface area contributed by atoms with E-state index in [-0.39, 0.29) is 5.91 Å². The van der Waals surface area contributed by atoms with Gasteiger partial charge in [0.15, 0.2) is 0 Å². The van der Waals surface area contributed by atoms with Crippen molar-refractivity contribution in [3.05, 3.63) is 40.1 Å². The minimum Gasteiger partial charge on any atom is -0.497 e. The lowest BCUT2D eigenvalue weighted by molar-refractivity contribution is 0.0781. The number of carbonyl (C=O) groups is 1. The first-order valence-corrected chi connectivity index (χ1v) is 7.00. The van der Waals surface area contributed by atoms with E-state index in [1.165, 1.54) is 7.11 Å². The summed E-state index contributed by atoms with van der Waals surface area (Å²) in [4.78, 5) is 14.2. The second kappa shape index (κ2) is 6.62. The predicted octanol–water partition coefficient (Wildman–Crippen LogP) is 2.46. The Morgan fingerprint density at radius 3 is 2.71 bits per heavy atom. The summed E-state index contributed by atoms with van der Waals surface area (Å²) in [5, 5.41) is 6.59. The van der Waals surface area contributed by atoms with Crippen molar-refractivity contribution in [2.24, 2.45) is 0 Å². The van der Waals surface area contributed by atoms with Gasteiger partial charge in [-0.05, 0) is 28.1 Å². The van der Waals surface area contributed by atoms with Crippen molar-refractivity contribution in [1.82, 2.24) is 15.1 Å². The number of amides is 1. The minimum atomic E-state index is -0.160. The van der Waals surface area contributed by atoms with Crippen molar-refractivity contribution >= 4 is 21.8 Å². The van der Waals surface area contributed by atoms with Gasteiger partial charge in [-0.25, -0.2) is 0 Å². The third kappa shape index (κ3) is 3.36. The summed E-state index contributed by atoms with van der Waals surface area (Å²) < 4.78 is 11.2. The van der Waals surface area contributed by atoms with E-state index >= 15 is 0 Å². The summed E-state index contributed by atoms with van der Waals surface area (Å²) in [5.41, 5.74) is 1.36. The maximum atomic E-state index is 12.6. The Morgan fingerprint density at radius 2 is 2.14 bits per heavy atom. The Balaban J connectivity index is 2.30. The molecule has 0 saturated heterocycles. The van der Waals surface area contributed by atoms with E-state index in [0.717, 1.165) is 5.56 Å². The van der Waals surface area contributed by atoms with Gasteiger partial charge in [-0.2, -0.15) is 5.10 Å². The molecule has 0 fully saturated rings. The second-order valence-corrected chi connectivity index (χ2v) is 5.31. The highest BCUT2D eigenvalue weighted by Gasteiger charge is 2.20. The third-order valence-corrected chi connectivity index (χ3v) is 3.60. The smallest absolute Gasteiger partial charge is 0.257 e. The second-order valence-electron chi connectivity index (χ2n) is 4.46. The summed E-state index contributed by atoms with van der Waals surface area (Å²) in [6.45, 7) is 0.452. The standard InChI is InChI=1S/C14H16BrN3O3/c1-18(8-9-6-16-17-7-9)14(19)11-4-10(20-2)5-12(15)13(11)21-3/h4-7H,8H2,1-3H3,(H,16,17). The van der Waals surface area contributed by atoms with E-state index in [9.17, 15) is 4.79 Å². The highest BCUT2D eigenvalue weighted by molar-refractivity contribution is 9.10. The Labute approximate surface area is 131 Å². The number of halogens is 1. The molecule has 1 aromatic carbocycles. The van der Waals surface area contributed by atoms with Gasteiger partial charge in [0.05, 0.1) is 30.5 Å². The molecule has 21 heavy (non-hydrogen) atoms. The van der Waals surface area contributed by atoms with Crippen molar-refractivity contribution in [3.8, 4) is 11.5 Å². The molecule has 0 aliphatic rings. The van der Waals surface area contributed by atoms with Gasteiger partial charge in [0.1, 0.15) is 11.5 Å². The number of carbonyl (C=O) groups excluding carboxylic acids is 1. The Bertz CT molecular complexity index is 629. The van der Waals surface area contributed by atoms with Crippen LogP contribution in [0.5, 0.6) is 11.5 Å². The number of nitrogens with one attached hydrogen (secondary N) is 1. The molecule has 0 unspecified atom stereocenters. The van der Waals surface area contributed by atoms with E-state index in [1.54, 1.807) is 43.6 Å². The lowest BCUT2D eigenvalue weighted by Gasteiger charge is -2.19. The summed E-state index contributed by atoms with van der Waals surface area (Å²) in [6.07, 6.45) is 3.44. The van der Waals surface area contributed by atoms with Gasteiger partial charge in [-0.15, -0.1) is 0 Å². The fourth-order valence-corrected chi connectivity index (χ4v) is 2.57. The Morgan fingerprint density at radius 1 is 1.38 bits per heavy atom. The molecule has 0 aliphatic heterocycles. The fourth-order valence-electron chi connectivity index (χ4n) is 1.97. The zero-order valence-electron chi connectivity index (χ0n) is 12.0. The Kier molecular flexibility index (Phi) is 4.85. The molecule has 1 N–H and O–H groups in total. The molecule has 1 aromatic heterocycles. The molecule has 1 amide bonds. The maximum absolute atomic E-state index is 12.6. The lowest BCUT2D eigenvalue weighted by atomic mass is 10.1. The number of nitrogens with zero attached hydrogens (tertiary/aromatic N) is 2. The number of H-pyrrole nitrogens is 1. The first kappa shape index (κ1) is 15.4. The highest BCUT2D eigenvalue weighted by atomic mass is 79.9. The van der Waals surface area contributed by atoms with E-state index < -0.39 is 0 Å². The molecule has 0 aliphatic carbocycles. The predicted molar refractivity (Wildman–Crippen MR) is 81.6 cm³/mol. The fraction of sp³-hybridized carbons (Fsp3) is 0.286. The van der Waals surface area contributed by atoms with Crippen LogP contribution in [0.1, 0.15) is 15.9 Å². The molecule has 0 radical (unpaired) electrons. The van der Waals surface area contributed by atoms with Crippen LogP contribution in [0, 0.1) is 0 Å². The van der Waals surface area contributed by atoms with Crippen LogP contribution in [0.4, 0.5) is 0 Å². The summed E-state index contributed by atoms with van der Waals surface area (Å²) in [6, 6.07) is 3.42.